The summed E-state index contributed by atoms with van der Waals surface area (Å²) in [4.78, 5) is 23.2. The zero-order valence-corrected chi connectivity index (χ0v) is 20.8. The van der Waals surface area contributed by atoms with Crippen LogP contribution in [0.25, 0.3) is 0 Å². The molecule has 5 rings (SSSR count). The van der Waals surface area contributed by atoms with Crippen LogP contribution in [0.1, 0.15) is 29.5 Å². The summed E-state index contributed by atoms with van der Waals surface area (Å²) in [5.41, 5.74) is 2.40. The molecule has 3 aromatic rings. The molecule has 34 heavy (non-hydrogen) atoms. The third-order valence-electron chi connectivity index (χ3n) is 6.60. The van der Waals surface area contributed by atoms with Crippen molar-refractivity contribution < 1.29 is 9.85 Å². The van der Waals surface area contributed by atoms with E-state index in [-0.39, 0.29) is 49.7 Å². The molecule has 0 radical (unpaired) electrons. The second kappa shape index (κ2) is 9.20. The third-order valence-corrected chi connectivity index (χ3v) is 9.44. The molecule has 0 saturated heterocycles. The first-order chi connectivity index (χ1) is 16.4. The number of alkyl halides is 1. The molecule has 1 saturated carbocycles. The predicted octanol–water partition coefficient (Wildman–Crippen LogP) is 7.30. The van der Waals surface area contributed by atoms with Gasteiger partial charge in [0.05, 0.1) is 26.2 Å². The first-order valence-electron chi connectivity index (χ1n) is 10.7. The molecule has 0 bridgehead atoms. The van der Waals surface area contributed by atoms with E-state index in [0.29, 0.717) is 17.0 Å². The van der Waals surface area contributed by atoms with Gasteiger partial charge in [-0.3, -0.25) is 20.2 Å². The number of nitrogens with one attached hydrogen (secondary N) is 1. The molecule has 1 aliphatic carbocycles. The fraction of sp³-hybridized carbons (Fsp3) is 0.250. The number of halogens is 2. The fourth-order valence-electron chi connectivity index (χ4n) is 5.18. The van der Waals surface area contributed by atoms with Crippen molar-refractivity contribution in [2.45, 2.75) is 33.9 Å². The highest BCUT2D eigenvalue weighted by molar-refractivity contribution is 9.10. The maximum absolute atomic E-state index is 11.8. The number of nitrogens with zero attached hydrogens (tertiary/aromatic N) is 2. The number of para-hydroxylation sites is 2. The van der Waals surface area contributed by atoms with Gasteiger partial charge in [-0.05, 0) is 35.6 Å². The van der Waals surface area contributed by atoms with Crippen molar-refractivity contribution in [3.63, 3.8) is 0 Å². The Hall–Kier alpha value is -2.62. The lowest BCUT2D eigenvalue weighted by Gasteiger charge is -2.38. The molecule has 1 heterocycles. The van der Waals surface area contributed by atoms with Gasteiger partial charge in [0.25, 0.3) is 11.4 Å². The zero-order valence-electron chi connectivity index (χ0n) is 17.6. The van der Waals surface area contributed by atoms with Gasteiger partial charge in [0.1, 0.15) is 5.69 Å². The minimum atomic E-state index is -0.377. The molecule has 0 aromatic heterocycles. The van der Waals surface area contributed by atoms with Crippen LogP contribution in [-0.4, -0.2) is 20.5 Å². The van der Waals surface area contributed by atoms with E-state index in [1.807, 2.05) is 30.3 Å². The number of rotatable bonds is 5. The number of hydrogen-bond donors (Lipinski definition) is 1. The molecule has 2 aliphatic rings. The van der Waals surface area contributed by atoms with Gasteiger partial charge in [-0.15, -0.1) is 23.4 Å². The van der Waals surface area contributed by atoms with Crippen LogP contribution in [0, 0.1) is 26.1 Å². The third kappa shape index (κ3) is 3.95. The van der Waals surface area contributed by atoms with Crippen LogP contribution in [-0.2, 0) is 0 Å². The Balaban J connectivity index is 1.59. The van der Waals surface area contributed by atoms with E-state index in [9.17, 15) is 20.2 Å². The van der Waals surface area contributed by atoms with Crippen LogP contribution < -0.4 is 5.32 Å². The van der Waals surface area contributed by atoms with Crippen molar-refractivity contribution in [2.24, 2.45) is 5.92 Å². The molecule has 0 spiro atoms. The van der Waals surface area contributed by atoms with Crippen molar-refractivity contribution >= 4 is 56.4 Å². The van der Waals surface area contributed by atoms with Crippen LogP contribution in [0.5, 0.6) is 0 Å². The molecule has 174 valence electrons. The summed E-state index contributed by atoms with van der Waals surface area (Å²) in [5.74, 6) is -0.0915. The lowest BCUT2D eigenvalue weighted by Crippen LogP contribution is -2.31. The highest BCUT2D eigenvalue weighted by atomic mass is 79.9. The Morgan fingerprint density at radius 2 is 1.56 bits per heavy atom. The van der Waals surface area contributed by atoms with E-state index < -0.39 is 0 Å². The SMILES string of the molecule is O=[N+]([O-])c1ccccc1SC1CC2C(c3ccccc3Br)Nc3c(cccc3[N+](=O)[O-])C2C1Cl. The van der Waals surface area contributed by atoms with Gasteiger partial charge < -0.3 is 5.32 Å². The predicted molar refractivity (Wildman–Crippen MR) is 137 cm³/mol. The van der Waals surface area contributed by atoms with Crippen LogP contribution in [0.3, 0.4) is 0 Å². The summed E-state index contributed by atoms with van der Waals surface area (Å²) in [5, 5.41) is 26.4. The number of anilines is 1. The Morgan fingerprint density at radius 1 is 0.912 bits per heavy atom. The Bertz CT molecular complexity index is 1290. The first kappa shape index (κ1) is 23.1. The van der Waals surface area contributed by atoms with Crippen LogP contribution in [0.15, 0.2) is 76.1 Å². The fourth-order valence-corrected chi connectivity index (χ4v) is 7.66. The molecule has 1 aliphatic heterocycles. The minimum Gasteiger partial charge on any atom is -0.372 e. The average Bonchev–Trinajstić information content (AvgIpc) is 3.15. The molecule has 5 atom stereocenters. The number of benzene rings is 3. The lowest BCUT2D eigenvalue weighted by molar-refractivity contribution is -0.387. The van der Waals surface area contributed by atoms with Gasteiger partial charge in [0, 0.05) is 27.8 Å². The Morgan fingerprint density at radius 3 is 2.29 bits per heavy atom. The smallest absolute Gasteiger partial charge is 0.292 e. The minimum absolute atomic E-state index is 0.0201. The Kier molecular flexibility index (Phi) is 6.26. The maximum atomic E-state index is 11.8. The molecular weight excluding hydrogens is 542 g/mol. The molecule has 1 fully saturated rings. The summed E-state index contributed by atoms with van der Waals surface area (Å²) < 4.78 is 0.911. The largest absolute Gasteiger partial charge is 0.372 e. The van der Waals surface area contributed by atoms with E-state index in [2.05, 4.69) is 21.2 Å². The summed E-state index contributed by atoms with van der Waals surface area (Å²) in [7, 11) is 0. The first-order valence-corrected chi connectivity index (χ1v) is 12.8. The van der Waals surface area contributed by atoms with Gasteiger partial charge in [-0.1, -0.05) is 58.4 Å². The van der Waals surface area contributed by atoms with E-state index in [1.165, 1.54) is 23.9 Å². The molecule has 1 N–H and O–H groups in total. The van der Waals surface area contributed by atoms with Crippen LogP contribution in [0.4, 0.5) is 17.1 Å². The van der Waals surface area contributed by atoms with Crippen molar-refractivity contribution in [3.05, 3.63) is 103 Å². The number of fused-ring (bicyclic) bond motifs is 3. The summed E-state index contributed by atoms with van der Waals surface area (Å²) >= 11 is 12.1. The van der Waals surface area contributed by atoms with Crippen molar-refractivity contribution in [1.29, 1.82) is 0 Å². The van der Waals surface area contributed by atoms with Gasteiger partial charge >= 0.3 is 0 Å². The monoisotopic (exact) mass is 559 g/mol. The van der Waals surface area contributed by atoms with Gasteiger partial charge in [0.2, 0.25) is 0 Å². The van der Waals surface area contributed by atoms with E-state index >= 15 is 0 Å². The Labute approximate surface area is 213 Å². The number of thioether (sulfide) groups is 1. The average molecular weight is 561 g/mol. The second-order valence-corrected chi connectivity index (χ2v) is 11.0. The topological polar surface area (TPSA) is 98.3 Å². The standard InChI is InChI=1S/C24H19BrClN3O4S/c25-16-8-2-1-6-13(16)23-15-12-20(34-19-11-4-3-9-17(19)28(30)31)22(26)21(15)14-7-5-10-18(29(32)33)24(14)27-23/h1-11,15,20-23,27H,12H2. The number of hydrogen-bond acceptors (Lipinski definition) is 6. The van der Waals surface area contributed by atoms with E-state index in [1.54, 1.807) is 24.3 Å². The molecule has 7 nitrogen and oxygen atoms in total. The van der Waals surface area contributed by atoms with E-state index in [4.69, 9.17) is 11.6 Å². The van der Waals surface area contributed by atoms with Crippen molar-refractivity contribution in [2.75, 3.05) is 5.32 Å². The molecule has 5 unspecified atom stereocenters. The van der Waals surface area contributed by atoms with Gasteiger partial charge in [-0.25, -0.2) is 0 Å². The number of nitro benzene ring substituents is 2. The highest BCUT2D eigenvalue weighted by Crippen LogP contribution is 2.59. The zero-order chi connectivity index (χ0) is 24.0. The van der Waals surface area contributed by atoms with Crippen LogP contribution >= 0.6 is 39.3 Å². The van der Waals surface area contributed by atoms with E-state index in [0.717, 1.165) is 15.6 Å². The maximum Gasteiger partial charge on any atom is 0.292 e. The van der Waals surface area contributed by atoms with Crippen molar-refractivity contribution in [1.82, 2.24) is 0 Å². The van der Waals surface area contributed by atoms with Crippen LogP contribution in [0.2, 0.25) is 0 Å². The lowest BCUT2D eigenvalue weighted by atomic mass is 9.77. The second-order valence-electron chi connectivity index (χ2n) is 8.39. The summed E-state index contributed by atoms with van der Waals surface area (Å²) in [6, 6.07) is 19.4. The molecule has 3 aromatic carbocycles. The van der Waals surface area contributed by atoms with Gasteiger partial charge in [-0.2, -0.15) is 0 Å². The summed E-state index contributed by atoms with van der Waals surface area (Å²) in [6.07, 6.45) is 0.705. The highest BCUT2D eigenvalue weighted by Gasteiger charge is 2.51. The van der Waals surface area contributed by atoms with Gasteiger partial charge in [0.15, 0.2) is 0 Å². The molecule has 10 heteroatoms. The number of nitro groups is 2. The normalized spacial score (nSPS) is 25.2. The molecular formula is C24H19BrClN3O4S. The molecule has 0 amide bonds. The summed E-state index contributed by atoms with van der Waals surface area (Å²) in [6.45, 7) is 0. The van der Waals surface area contributed by atoms with Crippen molar-refractivity contribution in [3.8, 4) is 0 Å². The quantitative estimate of drug-likeness (QED) is 0.200.